The Labute approximate surface area is 129 Å². The fourth-order valence-electron chi connectivity index (χ4n) is 1.82. The van der Waals surface area contributed by atoms with E-state index >= 15 is 0 Å². The van der Waals surface area contributed by atoms with E-state index in [9.17, 15) is 9.59 Å². The molecule has 0 aromatic heterocycles. The van der Waals surface area contributed by atoms with E-state index in [0.717, 1.165) is 11.3 Å². The molecule has 0 saturated heterocycles. The average molecular weight is 310 g/mol. The number of urea groups is 1. The minimum absolute atomic E-state index is 0.0854. The number of nitrogens with zero attached hydrogens (tertiary/aromatic N) is 1. The first-order chi connectivity index (χ1) is 9.93. The van der Waals surface area contributed by atoms with Gasteiger partial charge in [0.15, 0.2) is 0 Å². The summed E-state index contributed by atoms with van der Waals surface area (Å²) in [6.45, 7) is 2.00. The monoisotopic (exact) mass is 310 g/mol. The van der Waals surface area contributed by atoms with Gasteiger partial charge in [0.25, 0.3) is 0 Å². The lowest BCUT2D eigenvalue weighted by atomic mass is 10.1. The molecule has 1 aromatic rings. The molecule has 0 aliphatic carbocycles. The number of amides is 2. The lowest BCUT2D eigenvalue weighted by Gasteiger charge is -2.24. The van der Waals surface area contributed by atoms with Crippen LogP contribution in [0.25, 0.3) is 0 Å². The highest BCUT2D eigenvalue weighted by Crippen LogP contribution is 2.14. The van der Waals surface area contributed by atoms with Gasteiger partial charge in [-0.15, -0.1) is 0 Å². The van der Waals surface area contributed by atoms with Gasteiger partial charge in [0.2, 0.25) is 0 Å². The summed E-state index contributed by atoms with van der Waals surface area (Å²) in [6, 6.07) is 7.28. The molecule has 1 aromatic carbocycles. The smallest absolute Gasteiger partial charge is 0.321 e. The van der Waals surface area contributed by atoms with E-state index in [1.54, 1.807) is 29.8 Å². The van der Waals surface area contributed by atoms with E-state index < -0.39 is 5.97 Å². The van der Waals surface area contributed by atoms with Crippen LogP contribution in [0.3, 0.4) is 0 Å². The molecule has 0 radical (unpaired) electrons. The molecule has 21 heavy (non-hydrogen) atoms. The third-order valence-corrected chi connectivity index (χ3v) is 4.01. The maximum Gasteiger partial charge on any atom is 0.321 e. The van der Waals surface area contributed by atoms with E-state index in [1.807, 2.05) is 31.4 Å². The normalized spacial score (nSPS) is 11.8. The van der Waals surface area contributed by atoms with Crippen LogP contribution in [0, 0.1) is 0 Å². The van der Waals surface area contributed by atoms with Crippen molar-refractivity contribution in [2.45, 2.75) is 25.8 Å². The van der Waals surface area contributed by atoms with Crippen LogP contribution in [0.2, 0.25) is 0 Å². The molecule has 0 saturated carbocycles. The summed E-state index contributed by atoms with van der Waals surface area (Å²) < 4.78 is 0. The molecule has 0 fully saturated rings. The Balaban J connectivity index is 2.63. The minimum atomic E-state index is -0.824. The van der Waals surface area contributed by atoms with E-state index in [1.165, 1.54) is 0 Å². The van der Waals surface area contributed by atoms with E-state index in [4.69, 9.17) is 5.11 Å². The number of hydrogen-bond acceptors (Lipinski definition) is 3. The van der Waals surface area contributed by atoms with Gasteiger partial charge in [-0.2, -0.15) is 11.8 Å². The van der Waals surface area contributed by atoms with Crippen LogP contribution >= 0.6 is 11.8 Å². The van der Waals surface area contributed by atoms with Crippen molar-refractivity contribution in [3.63, 3.8) is 0 Å². The van der Waals surface area contributed by atoms with E-state index in [0.29, 0.717) is 12.1 Å². The predicted octanol–water partition coefficient (Wildman–Crippen LogP) is 2.92. The summed E-state index contributed by atoms with van der Waals surface area (Å²) in [4.78, 5) is 24.4. The van der Waals surface area contributed by atoms with Crippen LogP contribution in [0.5, 0.6) is 0 Å². The zero-order valence-corrected chi connectivity index (χ0v) is 13.4. The number of benzene rings is 1. The predicted molar refractivity (Wildman–Crippen MR) is 87.0 cm³/mol. The Kier molecular flexibility index (Phi) is 7.08. The van der Waals surface area contributed by atoms with Crippen molar-refractivity contribution in [1.29, 1.82) is 0 Å². The van der Waals surface area contributed by atoms with Crippen molar-refractivity contribution in [3.05, 3.63) is 29.8 Å². The third kappa shape index (κ3) is 6.08. The quantitative estimate of drug-likeness (QED) is 0.812. The SMILES string of the molecule is CSCC(C)N(C)C(=O)Nc1cccc(CCC(=O)O)c1. The van der Waals surface area contributed by atoms with Gasteiger partial charge in [0.05, 0.1) is 0 Å². The van der Waals surface area contributed by atoms with Crippen molar-refractivity contribution in [3.8, 4) is 0 Å². The van der Waals surface area contributed by atoms with Crippen LogP contribution in [0.1, 0.15) is 18.9 Å². The van der Waals surface area contributed by atoms with Gasteiger partial charge in [0.1, 0.15) is 0 Å². The molecular formula is C15H22N2O3S. The van der Waals surface area contributed by atoms with Gasteiger partial charge < -0.3 is 15.3 Å². The molecule has 1 rings (SSSR count). The summed E-state index contributed by atoms with van der Waals surface area (Å²) in [5, 5.41) is 11.5. The summed E-state index contributed by atoms with van der Waals surface area (Å²) >= 11 is 1.70. The molecule has 1 unspecified atom stereocenters. The molecule has 0 aliphatic heterocycles. The molecule has 0 bridgehead atoms. The van der Waals surface area contributed by atoms with Crippen LogP contribution in [0.4, 0.5) is 10.5 Å². The highest BCUT2D eigenvalue weighted by atomic mass is 32.2. The Morgan fingerprint density at radius 2 is 2.14 bits per heavy atom. The lowest BCUT2D eigenvalue weighted by molar-refractivity contribution is -0.136. The number of anilines is 1. The molecule has 2 amide bonds. The number of hydrogen-bond donors (Lipinski definition) is 2. The second kappa shape index (κ2) is 8.56. The molecule has 116 valence electrons. The molecule has 0 aliphatic rings. The highest BCUT2D eigenvalue weighted by molar-refractivity contribution is 7.98. The Morgan fingerprint density at radius 1 is 1.43 bits per heavy atom. The fourth-order valence-corrected chi connectivity index (χ4v) is 2.53. The zero-order chi connectivity index (χ0) is 15.8. The number of carboxylic acids is 1. The molecule has 1 atom stereocenters. The number of carbonyl (C=O) groups excluding carboxylic acids is 1. The average Bonchev–Trinajstić information content (AvgIpc) is 2.45. The van der Waals surface area contributed by atoms with Crippen LogP contribution in [0.15, 0.2) is 24.3 Å². The Hall–Kier alpha value is -1.69. The molecule has 2 N–H and O–H groups in total. The van der Waals surface area contributed by atoms with Gasteiger partial charge in [-0.25, -0.2) is 4.79 Å². The maximum atomic E-state index is 12.1. The topological polar surface area (TPSA) is 69.6 Å². The van der Waals surface area contributed by atoms with Crippen LogP contribution in [-0.2, 0) is 11.2 Å². The standard InChI is InChI=1S/C15H22N2O3S/c1-11(10-21-3)17(2)15(20)16-13-6-4-5-12(9-13)7-8-14(18)19/h4-6,9,11H,7-8,10H2,1-3H3,(H,16,20)(H,18,19). The summed E-state index contributed by atoms with van der Waals surface area (Å²) in [6.07, 6.45) is 2.55. The van der Waals surface area contributed by atoms with Crippen molar-refractivity contribution in [2.24, 2.45) is 0 Å². The van der Waals surface area contributed by atoms with Gasteiger partial charge in [-0.05, 0) is 37.3 Å². The number of aliphatic carboxylic acids is 1. The first-order valence-electron chi connectivity index (χ1n) is 6.77. The lowest BCUT2D eigenvalue weighted by Crippen LogP contribution is -2.39. The van der Waals surface area contributed by atoms with Gasteiger partial charge in [-0.3, -0.25) is 4.79 Å². The summed E-state index contributed by atoms with van der Waals surface area (Å²) in [5.41, 5.74) is 1.58. The Morgan fingerprint density at radius 3 is 2.76 bits per heavy atom. The molecule has 0 heterocycles. The van der Waals surface area contributed by atoms with Crippen molar-refractivity contribution in [2.75, 3.05) is 24.4 Å². The minimum Gasteiger partial charge on any atom is -0.481 e. The van der Waals surface area contributed by atoms with Crippen molar-refractivity contribution in [1.82, 2.24) is 4.90 Å². The number of rotatable bonds is 7. The first-order valence-corrected chi connectivity index (χ1v) is 8.17. The summed E-state index contributed by atoms with van der Waals surface area (Å²) in [7, 11) is 1.77. The second-order valence-corrected chi connectivity index (χ2v) is 5.85. The third-order valence-electron chi connectivity index (χ3n) is 3.20. The molecule has 5 nitrogen and oxygen atoms in total. The van der Waals surface area contributed by atoms with Gasteiger partial charge >= 0.3 is 12.0 Å². The van der Waals surface area contributed by atoms with Crippen molar-refractivity contribution < 1.29 is 14.7 Å². The molecule has 0 spiro atoms. The van der Waals surface area contributed by atoms with E-state index in [2.05, 4.69) is 5.32 Å². The molecular weight excluding hydrogens is 288 g/mol. The second-order valence-electron chi connectivity index (χ2n) is 4.94. The number of carbonyl (C=O) groups is 2. The van der Waals surface area contributed by atoms with Gasteiger partial charge in [0, 0.05) is 31.0 Å². The first kappa shape index (κ1) is 17.4. The number of carboxylic acid groups (broad SMARTS) is 1. The number of aryl methyl sites for hydroxylation is 1. The van der Waals surface area contributed by atoms with Crippen LogP contribution in [-0.4, -0.2) is 47.1 Å². The largest absolute Gasteiger partial charge is 0.481 e. The number of thioether (sulfide) groups is 1. The van der Waals surface area contributed by atoms with E-state index in [-0.39, 0.29) is 18.5 Å². The zero-order valence-electron chi connectivity index (χ0n) is 12.6. The summed E-state index contributed by atoms with van der Waals surface area (Å²) in [5.74, 6) is 0.0535. The fraction of sp³-hybridized carbons (Fsp3) is 0.467. The maximum absolute atomic E-state index is 12.1. The molecule has 6 heteroatoms. The Bertz CT molecular complexity index is 494. The van der Waals surface area contributed by atoms with Crippen molar-refractivity contribution >= 4 is 29.4 Å². The van der Waals surface area contributed by atoms with Crippen LogP contribution < -0.4 is 5.32 Å². The number of nitrogens with one attached hydrogen (secondary N) is 1. The van der Waals surface area contributed by atoms with Gasteiger partial charge in [-0.1, -0.05) is 12.1 Å². The highest BCUT2D eigenvalue weighted by Gasteiger charge is 2.15.